The largest absolute Gasteiger partial charge is 0.375 e. The predicted molar refractivity (Wildman–Crippen MR) is 70.4 cm³/mol. The number of nitrogens with zero attached hydrogens (tertiary/aromatic N) is 4. The lowest BCUT2D eigenvalue weighted by Crippen LogP contribution is -2.34. The van der Waals surface area contributed by atoms with Crippen LogP contribution in [0.1, 0.15) is 12.1 Å². The Labute approximate surface area is 112 Å². The summed E-state index contributed by atoms with van der Waals surface area (Å²) in [7, 11) is 0. The standard InChI is InChI=1S/C13H19N5O/c1-3-16-18(5-1)10-13-9-17(4-2-6-19-13)8-12-7-14-11-15-12/h1,3,5,7,11,13H,2,4,6,8-10H2,(H,14,15)/t13-/m1/s1. The highest BCUT2D eigenvalue weighted by molar-refractivity contribution is 4.94. The van der Waals surface area contributed by atoms with Gasteiger partial charge in [0.15, 0.2) is 0 Å². The van der Waals surface area contributed by atoms with Gasteiger partial charge >= 0.3 is 0 Å². The van der Waals surface area contributed by atoms with Crippen molar-refractivity contribution >= 4 is 0 Å². The van der Waals surface area contributed by atoms with Crippen LogP contribution in [0.15, 0.2) is 31.0 Å². The first-order chi connectivity index (χ1) is 9.40. The fraction of sp³-hybridized carbons (Fsp3) is 0.538. The van der Waals surface area contributed by atoms with Crippen LogP contribution in [-0.4, -0.2) is 50.4 Å². The smallest absolute Gasteiger partial charge is 0.0922 e. The monoisotopic (exact) mass is 261 g/mol. The Morgan fingerprint density at radius 2 is 2.47 bits per heavy atom. The maximum Gasteiger partial charge on any atom is 0.0922 e. The van der Waals surface area contributed by atoms with Crippen molar-refractivity contribution in [2.24, 2.45) is 0 Å². The van der Waals surface area contributed by atoms with E-state index < -0.39 is 0 Å². The molecule has 3 heterocycles. The van der Waals surface area contributed by atoms with Gasteiger partial charge in [0.1, 0.15) is 0 Å². The van der Waals surface area contributed by atoms with E-state index in [0.29, 0.717) is 0 Å². The minimum absolute atomic E-state index is 0.199. The number of hydrogen-bond donors (Lipinski definition) is 1. The third-order valence-electron chi connectivity index (χ3n) is 3.33. The van der Waals surface area contributed by atoms with Gasteiger partial charge in [-0.25, -0.2) is 4.98 Å². The average molecular weight is 261 g/mol. The summed E-state index contributed by atoms with van der Waals surface area (Å²) in [5.74, 6) is 0. The van der Waals surface area contributed by atoms with Gasteiger partial charge in [-0.3, -0.25) is 9.58 Å². The minimum Gasteiger partial charge on any atom is -0.375 e. The molecule has 0 unspecified atom stereocenters. The number of rotatable bonds is 4. The predicted octanol–water partition coefficient (Wildman–Crippen LogP) is 0.897. The normalized spacial score (nSPS) is 21.4. The molecule has 6 heteroatoms. The van der Waals surface area contributed by atoms with Crippen molar-refractivity contribution < 1.29 is 4.74 Å². The molecule has 0 radical (unpaired) electrons. The van der Waals surface area contributed by atoms with Crippen LogP contribution in [0.25, 0.3) is 0 Å². The summed E-state index contributed by atoms with van der Waals surface area (Å²) in [5.41, 5.74) is 1.15. The van der Waals surface area contributed by atoms with Gasteiger partial charge in [-0.2, -0.15) is 5.10 Å². The lowest BCUT2D eigenvalue weighted by atomic mass is 10.3. The summed E-state index contributed by atoms with van der Waals surface area (Å²) in [6, 6.07) is 1.94. The van der Waals surface area contributed by atoms with Crippen molar-refractivity contribution in [3.05, 3.63) is 36.7 Å². The van der Waals surface area contributed by atoms with Crippen molar-refractivity contribution in [3.8, 4) is 0 Å². The molecular formula is C13H19N5O. The maximum atomic E-state index is 5.90. The van der Waals surface area contributed by atoms with E-state index >= 15 is 0 Å². The number of nitrogens with one attached hydrogen (secondary N) is 1. The van der Waals surface area contributed by atoms with Gasteiger partial charge in [-0.15, -0.1) is 0 Å². The third-order valence-corrected chi connectivity index (χ3v) is 3.33. The number of aromatic nitrogens is 4. The second kappa shape index (κ2) is 5.99. The SMILES string of the molecule is c1cnn(C[C@H]2CN(Cc3cnc[nH]3)CCCO2)c1. The van der Waals surface area contributed by atoms with Gasteiger partial charge in [0.25, 0.3) is 0 Å². The highest BCUT2D eigenvalue weighted by Gasteiger charge is 2.19. The van der Waals surface area contributed by atoms with Crippen LogP contribution in [0.3, 0.4) is 0 Å². The molecule has 0 aromatic carbocycles. The zero-order valence-electron chi connectivity index (χ0n) is 10.9. The fourth-order valence-corrected chi connectivity index (χ4v) is 2.45. The van der Waals surface area contributed by atoms with Crippen molar-refractivity contribution in [2.45, 2.75) is 25.6 Å². The van der Waals surface area contributed by atoms with E-state index in [1.807, 2.05) is 23.1 Å². The van der Waals surface area contributed by atoms with Crippen LogP contribution in [0.4, 0.5) is 0 Å². The molecule has 1 saturated heterocycles. The van der Waals surface area contributed by atoms with Gasteiger partial charge in [-0.05, 0) is 12.5 Å². The Hall–Kier alpha value is -1.66. The summed E-state index contributed by atoms with van der Waals surface area (Å²) in [5, 5.41) is 4.24. The van der Waals surface area contributed by atoms with Crippen molar-refractivity contribution in [1.29, 1.82) is 0 Å². The average Bonchev–Trinajstić information content (AvgIpc) is 3.03. The van der Waals surface area contributed by atoms with Crippen molar-refractivity contribution in [1.82, 2.24) is 24.6 Å². The Bertz CT molecular complexity index is 423. The summed E-state index contributed by atoms with van der Waals surface area (Å²) < 4.78 is 7.83. The van der Waals surface area contributed by atoms with Crippen molar-refractivity contribution in [3.63, 3.8) is 0 Å². The minimum atomic E-state index is 0.199. The quantitative estimate of drug-likeness (QED) is 0.888. The van der Waals surface area contributed by atoms with Crippen LogP contribution in [0.2, 0.25) is 0 Å². The topological polar surface area (TPSA) is 59.0 Å². The summed E-state index contributed by atoms with van der Waals surface area (Å²) in [6.07, 6.45) is 8.67. The maximum absolute atomic E-state index is 5.90. The second-order valence-electron chi connectivity index (χ2n) is 4.89. The molecule has 2 aromatic rings. The first-order valence-electron chi connectivity index (χ1n) is 6.69. The molecule has 3 rings (SSSR count). The van der Waals surface area contributed by atoms with E-state index in [-0.39, 0.29) is 6.10 Å². The first kappa shape index (κ1) is 12.4. The molecule has 0 aliphatic carbocycles. The number of hydrogen-bond acceptors (Lipinski definition) is 4. The third kappa shape index (κ3) is 3.42. The molecule has 0 amide bonds. The fourth-order valence-electron chi connectivity index (χ4n) is 2.45. The number of aromatic amines is 1. The van der Waals surface area contributed by atoms with E-state index in [2.05, 4.69) is 20.0 Å². The zero-order valence-corrected chi connectivity index (χ0v) is 10.9. The summed E-state index contributed by atoms with van der Waals surface area (Å²) in [6.45, 7) is 4.53. The second-order valence-corrected chi connectivity index (χ2v) is 4.89. The zero-order chi connectivity index (χ0) is 12.9. The van der Waals surface area contributed by atoms with E-state index in [0.717, 1.165) is 44.9 Å². The molecule has 1 aliphatic heterocycles. The molecule has 102 valence electrons. The molecule has 0 spiro atoms. The molecule has 2 aromatic heterocycles. The van der Waals surface area contributed by atoms with Gasteiger partial charge in [0.05, 0.1) is 19.0 Å². The van der Waals surface area contributed by atoms with Crippen LogP contribution in [-0.2, 0) is 17.8 Å². The molecule has 0 bridgehead atoms. The van der Waals surface area contributed by atoms with Crippen LogP contribution < -0.4 is 0 Å². The van der Waals surface area contributed by atoms with Crippen LogP contribution >= 0.6 is 0 Å². The first-order valence-corrected chi connectivity index (χ1v) is 6.69. The molecule has 1 N–H and O–H groups in total. The lowest BCUT2D eigenvalue weighted by molar-refractivity contribution is 0.0390. The molecule has 6 nitrogen and oxygen atoms in total. The highest BCUT2D eigenvalue weighted by Crippen LogP contribution is 2.10. The molecule has 19 heavy (non-hydrogen) atoms. The van der Waals surface area contributed by atoms with Gasteiger partial charge in [0, 0.05) is 50.5 Å². The molecule has 1 atom stereocenters. The van der Waals surface area contributed by atoms with Gasteiger partial charge in [-0.1, -0.05) is 0 Å². The summed E-state index contributed by atoms with van der Waals surface area (Å²) >= 11 is 0. The van der Waals surface area contributed by atoms with Gasteiger partial charge < -0.3 is 9.72 Å². The number of ether oxygens (including phenoxy) is 1. The molecular weight excluding hydrogens is 242 g/mol. The van der Waals surface area contributed by atoms with Crippen LogP contribution in [0, 0.1) is 0 Å². The Morgan fingerprint density at radius 1 is 1.47 bits per heavy atom. The molecule has 0 saturated carbocycles. The summed E-state index contributed by atoms with van der Waals surface area (Å²) in [4.78, 5) is 9.63. The number of H-pyrrole nitrogens is 1. The Balaban J connectivity index is 1.59. The van der Waals surface area contributed by atoms with Crippen molar-refractivity contribution in [2.75, 3.05) is 19.7 Å². The Kier molecular flexibility index (Phi) is 3.90. The number of imidazole rings is 1. The van der Waals surface area contributed by atoms with E-state index in [1.54, 1.807) is 12.5 Å². The molecule has 1 aliphatic rings. The lowest BCUT2D eigenvalue weighted by Gasteiger charge is -2.23. The molecule has 1 fully saturated rings. The van der Waals surface area contributed by atoms with E-state index in [9.17, 15) is 0 Å². The van der Waals surface area contributed by atoms with E-state index in [1.165, 1.54) is 0 Å². The Morgan fingerprint density at radius 3 is 3.26 bits per heavy atom. The van der Waals surface area contributed by atoms with E-state index in [4.69, 9.17) is 4.74 Å². The van der Waals surface area contributed by atoms with Gasteiger partial charge in [0.2, 0.25) is 0 Å². The highest BCUT2D eigenvalue weighted by atomic mass is 16.5. The van der Waals surface area contributed by atoms with Crippen LogP contribution in [0.5, 0.6) is 0 Å².